The third kappa shape index (κ3) is 3.80. The molecule has 1 aliphatic heterocycles. The Morgan fingerprint density at radius 3 is 2.63 bits per heavy atom. The van der Waals surface area contributed by atoms with Gasteiger partial charge in [-0.3, -0.25) is 4.79 Å². The number of hydrogen-bond donors (Lipinski definition) is 1. The predicted molar refractivity (Wildman–Crippen MR) is 79.8 cm³/mol. The van der Waals surface area contributed by atoms with Crippen LogP contribution in [0.15, 0.2) is 24.3 Å². The number of rotatable bonds is 6. The monoisotopic (exact) mass is 260 g/mol. The fourth-order valence-electron chi connectivity index (χ4n) is 2.61. The van der Waals surface area contributed by atoms with Gasteiger partial charge in [0.25, 0.3) is 0 Å². The van der Waals surface area contributed by atoms with Crippen LogP contribution >= 0.6 is 0 Å². The van der Waals surface area contributed by atoms with Gasteiger partial charge in [0.05, 0.1) is 0 Å². The molecule has 3 nitrogen and oxygen atoms in total. The SMILES string of the molecule is CCC(=O)c1ccc(NCC2CCN(CC)C2)cc1. The third-order valence-corrected chi connectivity index (χ3v) is 3.94. The van der Waals surface area contributed by atoms with Gasteiger partial charge in [0.15, 0.2) is 5.78 Å². The Morgan fingerprint density at radius 2 is 2.05 bits per heavy atom. The van der Waals surface area contributed by atoms with Crippen molar-refractivity contribution in [3.8, 4) is 0 Å². The zero-order valence-corrected chi connectivity index (χ0v) is 12.0. The second-order valence-corrected chi connectivity index (χ2v) is 5.28. The highest BCUT2D eigenvalue weighted by molar-refractivity contribution is 5.96. The van der Waals surface area contributed by atoms with E-state index in [9.17, 15) is 4.79 Å². The Morgan fingerprint density at radius 1 is 1.32 bits per heavy atom. The van der Waals surface area contributed by atoms with Gasteiger partial charge in [-0.1, -0.05) is 13.8 Å². The van der Waals surface area contributed by atoms with E-state index in [0.717, 1.165) is 30.3 Å². The summed E-state index contributed by atoms with van der Waals surface area (Å²) >= 11 is 0. The third-order valence-electron chi connectivity index (χ3n) is 3.94. The number of hydrogen-bond acceptors (Lipinski definition) is 3. The van der Waals surface area contributed by atoms with Crippen molar-refractivity contribution in [3.05, 3.63) is 29.8 Å². The molecule has 1 fully saturated rings. The minimum Gasteiger partial charge on any atom is -0.385 e. The fraction of sp³-hybridized carbons (Fsp3) is 0.562. The van der Waals surface area contributed by atoms with E-state index in [1.165, 1.54) is 19.5 Å². The molecule has 3 heteroatoms. The van der Waals surface area contributed by atoms with Crippen LogP contribution in [0.3, 0.4) is 0 Å². The molecular formula is C16H24N2O. The topological polar surface area (TPSA) is 32.3 Å². The average molecular weight is 260 g/mol. The van der Waals surface area contributed by atoms with Gasteiger partial charge in [-0.15, -0.1) is 0 Å². The van der Waals surface area contributed by atoms with E-state index in [4.69, 9.17) is 0 Å². The quantitative estimate of drug-likeness (QED) is 0.798. The Hall–Kier alpha value is -1.35. The number of Topliss-reactive ketones (excluding diaryl/α,β-unsaturated/α-hetero) is 1. The molecule has 1 atom stereocenters. The zero-order chi connectivity index (χ0) is 13.7. The average Bonchev–Trinajstić information content (AvgIpc) is 2.93. The Bertz CT molecular complexity index is 413. The molecule has 1 aromatic rings. The molecule has 0 saturated carbocycles. The molecule has 1 aliphatic rings. The van der Waals surface area contributed by atoms with Crippen LogP contribution in [0.2, 0.25) is 0 Å². The number of ketones is 1. The molecule has 0 spiro atoms. The first-order valence-electron chi connectivity index (χ1n) is 7.32. The van der Waals surface area contributed by atoms with Crippen LogP contribution in [0.5, 0.6) is 0 Å². The summed E-state index contributed by atoms with van der Waals surface area (Å²) in [6.07, 6.45) is 1.86. The Balaban J connectivity index is 1.82. The first-order valence-corrected chi connectivity index (χ1v) is 7.32. The van der Waals surface area contributed by atoms with Crippen molar-refractivity contribution >= 4 is 11.5 Å². The Kier molecular flexibility index (Phi) is 4.97. The van der Waals surface area contributed by atoms with Gasteiger partial charge in [-0.2, -0.15) is 0 Å². The van der Waals surface area contributed by atoms with Gasteiger partial charge in [-0.05, 0) is 49.7 Å². The largest absolute Gasteiger partial charge is 0.385 e. The van der Waals surface area contributed by atoms with E-state index in [-0.39, 0.29) is 5.78 Å². The van der Waals surface area contributed by atoms with Gasteiger partial charge < -0.3 is 10.2 Å². The maximum atomic E-state index is 11.5. The van der Waals surface area contributed by atoms with Crippen LogP contribution in [-0.2, 0) is 0 Å². The number of carbonyl (C=O) groups excluding carboxylic acids is 1. The summed E-state index contributed by atoms with van der Waals surface area (Å²) in [5.74, 6) is 0.956. The van der Waals surface area contributed by atoms with E-state index >= 15 is 0 Å². The van der Waals surface area contributed by atoms with Gasteiger partial charge in [0.1, 0.15) is 0 Å². The number of likely N-dealkylation sites (tertiary alicyclic amines) is 1. The van der Waals surface area contributed by atoms with Crippen LogP contribution in [0.1, 0.15) is 37.0 Å². The highest BCUT2D eigenvalue weighted by atomic mass is 16.1. The molecule has 1 heterocycles. The smallest absolute Gasteiger partial charge is 0.162 e. The zero-order valence-electron chi connectivity index (χ0n) is 12.0. The first-order chi connectivity index (χ1) is 9.22. The first kappa shape index (κ1) is 14.1. The van der Waals surface area contributed by atoms with Crippen LogP contribution in [-0.4, -0.2) is 36.9 Å². The predicted octanol–water partition coefficient (Wildman–Crippen LogP) is 3.03. The molecule has 1 aromatic carbocycles. The van der Waals surface area contributed by atoms with Crippen molar-refractivity contribution in [2.75, 3.05) is 31.5 Å². The summed E-state index contributed by atoms with van der Waals surface area (Å²) in [5.41, 5.74) is 1.92. The maximum Gasteiger partial charge on any atom is 0.162 e. The number of carbonyl (C=O) groups is 1. The Labute approximate surface area is 116 Å². The normalized spacial score (nSPS) is 19.6. The summed E-state index contributed by atoms with van der Waals surface area (Å²) < 4.78 is 0. The van der Waals surface area contributed by atoms with E-state index in [2.05, 4.69) is 17.1 Å². The van der Waals surface area contributed by atoms with E-state index in [1.807, 2.05) is 31.2 Å². The number of anilines is 1. The lowest BCUT2D eigenvalue weighted by Gasteiger charge is -2.14. The summed E-state index contributed by atoms with van der Waals surface area (Å²) in [6, 6.07) is 7.85. The molecule has 1 unspecified atom stereocenters. The van der Waals surface area contributed by atoms with Crippen LogP contribution in [0.25, 0.3) is 0 Å². The molecule has 1 N–H and O–H groups in total. The van der Waals surface area contributed by atoms with Crippen molar-refractivity contribution in [3.63, 3.8) is 0 Å². The summed E-state index contributed by atoms with van der Waals surface area (Å²) in [5, 5.41) is 3.48. The number of benzene rings is 1. The van der Waals surface area contributed by atoms with Crippen LogP contribution < -0.4 is 5.32 Å². The van der Waals surface area contributed by atoms with Crippen molar-refractivity contribution in [2.24, 2.45) is 5.92 Å². The van der Waals surface area contributed by atoms with Gasteiger partial charge in [0.2, 0.25) is 0 Å². The van der Waals surface area contributed by atoms with Gasteiger partial charge in [0, 0.05) is 30.8 Å². The molecule has 19 heavy (non-hydrogen) atoms. The van der Waals surface area contributed by atoms with E-state index < -0.39 is 0 Å². The minimum atomic E-state index is 0.209. The lowest BCUT2D eigenvalue weighted by Crippen LogP contribution is -2.22. The van der Waals surface area contributed by atoms with Crippen molar-refractivity contribution in [2.45, 2.75) is 26.7 Å². The molecular weight excluding hydrogens is 236 g/mol. The minimum absolute atomic E-state index is 0.209. The molecule has 0 aromatic heterocycles. The number of nitrogens with zero attached hydrogens (tertiary/aromatic N) is 1. The lowest BCUT2D eigenvalue weighted by atomic mass is 10.1. The summed E-state index contributed by atoms with van der Waals surface area (Å²) in [4.78, 5) is 14.0. The van der Waals surface area contributed by atoms with Gasteiger partial charge in [-0.25, -0.2) is 0 Å². The maximum absolute atomic E-state index is 11.5. The second kappa shape index (κ2) is 6.71. The molecule has 104 valence electrons. The molecule has 0 aliphatic carbocycles. The van der Waals surface area contributed by atoms with Crippen LogP contribution in [0, 0.1) is 5.92 Å². The van der Waals surface area contributed by atoms with Crippen molar-refractivity contribution in [1.29, 1.82) is 0 Å². The lowest BCUT2D eigenvalue weighted by molar-refractivity contribution is 0.0988. The molecule has 1 saturated heterocycles. The summed E-state index contributed by atoms with van der Waals surface area (Å²) in [7, 11) is 0. The number of nitrogens with one attached hydrogen (secondary N) is 1. The van der Waals surface area contributed by atoms with E-state index in [0.29, 0.717) is 6.42 Å². The van der Waals surface area contributed by atoms with E-state index in [1.54, 1.807) is 0 Å². The standard InChI is InChI=1S/C16H24N2O/c1-3-16(19)14-5-7-15(8-6-14)17-11-13-9-10-18(4-2)12-13/h5-8,13,17H,3-4,9-12H2,1-2H3. The molecule has 0 bridgehead atoms. The van der Waals surface area contributed by atoms with Gasteiger partial charge >= 0.3 is 0 Å². The van der Waals surface area contributed by atoms with Crippen molar-refractivity contribution < 1.29 is 4.79 Å². The van der Waals surface area contributed by atoms with Crippen molar-refractivity contribution in [1.82, 2.24) is 4.90 Å². The molecule has 2 rings (SSSR count). The highest BCUT2D eigenvalue weighted by Gasteiger charge is 2.20. The van der Waals surface area contributed by atoms with Crippen LogP contribution in [0.4, 0.5) is 5.69 Å². The molecule has 0 amide bonds. The fourth-order valence-corrected chi connectivity index (χ4v) is 2.61. The molecule has 0 radical (unpaired) electrons. The highest BCUT2D eigenvalue weighted by Crippen LogP contribution is 2.17. The summed E-state index contributed by atoms with van der Waals surface area (Å²) in [6.45, 7) is 8.73. The second-order valence-electron chi connectivity index (χ2n) is 5.28.